The summed E-state index contributed by atoms with van der Waals surface area (Å²) in [5.74, 6) is 0.209. The number of anilines is 1. The van der Waals surface area contributed by atoms with Crippen molar-refractivity contribution in [3.05, 3.63) is 57.9 Å². The van der Waals surface area contributed by atoms with Gasteiger partial charge in [-0.05, 0) is 12.1 Å². The fourth-order valence-electron chi connectivity index (χ4n) is 2.43. The molecule has 25 heavy (non-hydrogen) atoms. The molecule has 1 saturated heterocycles. The maximum atomic E-state index is 12.2. The lowest BCUT2D eigenvalue weighted by Gasteiger charge is -2.26. The third-order valence-corrected chi connectivity index (χ3v) is 3.74. The smallest absolute Gasteiger partial charge is 0.270 e. The zero-order valence-electron chi connectivity index (χ0n) is 13.4. The number of aromatic nitrogens is 2. The molecule has 130 valence electrons. The van der Waals surface area contributed by atoms with E-state index in [0.29, 0.717) is 24.9 Å². The van der Waals surface area contributed by atoms with E-state index in [1.807, 2.05) is 4.90 Å². The molecule has 0 unspecified atom stereocenters. The van der Waals surface area contributed by atoms with Gasteiger partial charge in [-0.2, -0.15) is 0 Å². The highest BCUT2D eigenvalue weighted by Crippen LogP contribution is 2.13. The van der Waals surface area contributed by atoms with E-state index < -0.39 is 10.8 Å². The Morgan fingerprint density at radius 2 is 2.12 bits per heavy atom. The molecule has 1 amide bonds. The molecule has 0 aliphatic carbocycles. The second kappa shape index (κ2) is 7.67. The first-order valence-corrected chi connectivity index (χ1v) is 7.81. The second-order valence-corrected chi connectivity index (χ2v) is 5.44. The Bertz CT molecular complexity index is 777. The number of hydrogen-bond acceptors (Lipinski definition) is 7. The third-order valence-electron chi connectivity index (χ3n) is 3.74. The zero-order chi connectivity index (χ0) is 17.6. The molecule has 0 bridgehead atoms. The SMILES string of the molecule is O=C(NCc1ccnc(N2CCOCC2)n1)c1cccc([N+](=O)[O-])c1. The molecule has 1 aromatic carbocycles. The third kappa shape index (κ3) is 4.27. The molecule has 0 spiro atoms. The number of rotatable bonds is 5. The van der Waals surface area contributed by atoms with Gasteiger partial charge in [-0.3, -0.25) is 14.9 Å². The fourth-order valence-corrected chi connectivity index (χ4v) is 2.43. The van der Waals surface area contributed by atoms with Gasteiger partial charge >= 0.3 is 0 Å². The monoisotopic (exact) mass is 343 g/mol. The number of ether oxygens (including phenoxy) is 1. The molecule has 1 aromatic heterocycles. The van der Waals surface area contributed by atoms with Crippen molar-refractivity contribution in [1.82, 2.24) is 15.3 Å². The molecule has 0 radical (unpaired) electrons. The Hall–Kier alpha value is -3.07. The summed E-state index contributed by atoms with van der Waals surface area (Å²) in [5.41, 5.74) is 0.774. The van der Waals surface area contributed by atoms with Crippen LogP contribution >= 0.6 is 0 Å². The van der Waals surface area contributed by atoms with Crippen LogP contribution in [0.5, 0.6) is 0 Å². The number of benzene rings is 1. The van der Waals surface area contributed by atoms with Crippen molar-refractivity contribution in [2.24, 2.45) is 0 Å². The van der Waals surface area contributed by atoms with Crippen LogP contribution in [0.2, 0.25) is 0 Å². The van der Waals surface area contributed by atoms with Crippen LogP contribution in [0.4, 0.5) is 11.6 Å². The minimum atomic E-state index is -0.532. The number of carbonyl (C=O) groups excluding carboxylic acids is 1. The van der Waals surface area contributed by atoms with E-state index in [0.717, 1.165) is 13.1 Å². The molecule has 9 heteroatoms. The highest BCUT2D eigenvalue weighted by atomic mass is 16.6. The van der Waals surface area contributed by atoms with Gasteiger partial charge in [0.05, 0.1) is 30.4 Å². The number of nitro benzene ring substituents is 1. The minimum Gasteiger partial charge on any atom is -0.378 e. The van der Waals surface area contributed by atoms with E-state index in [1.54, 1.807) is 12.3 Å². The first kappa shape index (κ1) is 16.8. The minimum absolute atomic E-state index is 0.121. The molecule has 0 saturated carbocycles. The quantitative estimate of drug-likeness (QED) is 0.640. The van der Waals surface area contributed by atoms with Gasteiger partial charge < -0.3 is 15.0 Å². The largest absolute Gasteiger partial charge is 0.378 e. The molecular formula is C16H17N5O4. The van der Waals surface area contributed by atoms with Crippen LogP contribution in [-0.2, 0) is 11.3 Å². The van der Waals surface area contributed by atoms with Crippen LogP contribution in [-0.4, -0.2) is 47.1 Å². The summed E-state index contributed by atoms with van der Waals surface area (Å²) in [5, 5.41) is 13.5. The summed E-state index contributed by atoms with van der Waals surface area (Å²) in [7, 11) is 0. The van der Waals surface area contributed by atoms with Crippen molar-refractivity contribution < 1.29 is 14.5 Å². The summed E-state index contributed by atoms with van der Waals surface area (Å²) >= 11 is 0. The lowest BCUT2D eigenvalue weighted by atomic mass is 10.2. The highest BCUT2D eigenvalue weighted by molar-refractivity contribution is 5.94. The van der Waals surface area contributed by atoms with E-state index in [4.69, 9.17) is 4.74 Å². The number of nitro groups is 1. The van der Waals surface area contributed by atoms with Crippen molar-refractivity contribution in [3.8, 4) is 0 Å². The summed E-state index contributed by atoms with van der Waals surface area (Å²) in [6.07, 6.45) is 1.65. The van der Waals surface area contributed by atoms with Crippen LogP contribution in [0, 0.1) is 10.1 Å². The van der Waals surface area contributed by atoms with Gasteiger partial charge in [-0.25, -0.2) is 9.97 Å². The van der Waals surface area contributed by atoms with E-state index in [1.165, 1.54) is 24.3 Å². The fraction of sp³-hybridized carbons (Fsp3) is 0.312. The van der Waals surface area contributed by atoms with Gasteiger partial charge in [0.25, 0.3) is 11.6 Å². The van der Waals surface area contributed by atoms with Gasteiger partial charge in [0.2, 0.25) is 5.95 Å². The standard InChI is InChI=1S/C16H17N5O4/c22-15(12-2-1-3-14(10-12)21(23)24)18-11-13-4-5-17-16(19-13)20-6-8-25-9-7-20/h1-5,10H,6-9,11H2,(H,18,22). The number of nitrogens with one attached hydrogen (secondary N) is 1. The predicted molar refractivity (Wildman–Crippen MR) is 89.3 cm³/mol. The highest BCUT2D eigenvalue weighted by Gasteiger charge is 2.15. The average Bonchev–Trinajstić information content (AvgIpc) is 2.67. The Kier molecular flexibility index (Phi) is 5.14. The molecule has 9 nitrogen and oxygen atoms in total. The molecule has 2 heterocycles. The zero-order valence-corrected chi connectivity index (χ0v) is 13.4. The van der Waals surface area contributed by atoms with Crippen molar-refractivity contribution in [3.63, 3.8) is 0 Å². The Balaban J connectivity index is 1.64. The normalized spacial score (nSPS) is 14.2. The molecule has 1 N–H and O–H groups in total. The van der Waals surface area contributed by atoms with Crippen LogP contribution < -0.4 is 10.2 Å². The predicted octanol–water partition coefficient (Wildman–Crippen LogP) is 1.15. The van der Waals surface area contributed by atoms with Gasteiger partial charge in [-0.15, -0.1) is 0 Å². The Labute approximate surface area is 143 Å². The first-order valence-electron chi connectivity index (χ1n) is 7.81. The van der Waals surface area contributed by atoms with Crippen LogP contribution in [0.3, 0.4) is 0 Å². The average molecular weight is 343 g/mol. The lowest BCUT2D eigenvalue weighted by Crippen LogP contribution is -2.37. The maximum absolute atomic E-state index is 12.2. The molecule has 1 aliphatic rings. The number of amides is 1. The lowest BCUT2D eigenvalue weighted by molar-refractivity contribution is -0.384. The molecule has 1 aliphatic heterocycles. The van der Waals surface area contributed by atoms with Gasteiger partial charge in [0.15, 0.2) is 0 Å². The van der Waals surface area contributed by atoms with Crippen LogP contribution in [0.1, 0.15) is 16.1 Å². The first-order chi connectivity index (χ1) is 12.1. The summed E-state index contributed by atoms with van der Waals surface area (Å²) in [4.78, 5) is 33.1. The molecular weight excluding hydrogens is 326 g/mol. The van der Waals surface area contributed by atoms with Crippen molar-refractivity contribution in [2.45, 2.75) is 6.54 Å². The molecule has 0 atom stereocenters. The maximum Gasteiger partial charge on any atom is 0.270 e. The van der Waals surface area contributed by atoms with Crippen molar-refractivity contribution >= 4 is 17.5 Å². The number of morpholine rings is 1. The summed E-state index contributed by atoms with van der Waals surface area (Å²) in [6, 6.07) is 7.32. The van der Waals surface area contributed by atoms with E-state index >= 15 is 0 Å². The Morgan fingerprint density at radius 3 is 2.88 bits per heavy atom. The number of nitrogens with zero attached hydrogens (tertiary/aromatic N) is 4. The van der Waals surface area contributed by atoms with Gasteiger partial charge in [-0.1, -0.05) is 6.07 Å². The van der Waals surface area contributed by atoms with E-state index in [2.05, 4.69) is 15.3 Å². The topological polar surface area (TPSA) is 110 Å². The number of non-ortho nitro benzene ring substituents is 1. The molecule has 1 fully saturated rings. The second-order valence-electron chi connectivity index (χ2n) is 5.44. The molecule has 2 aromatic rings. The van der Waals surface area contributed by atoms with Gasteiger partial charge in [0, 0.05) is 37.0 Å². The summed E-state index contributed by atoms with van der Waals surface area (Å²) in [6.45, 7) is 2.93. The summed E-state index contributed by atoms with van der Waals surface area (Å²) < 4.78 is 5.30. The van der Waals surface area contributed by atoms with Crippen molar-refractivity contribution in [2.75, 3.05) is 31.2 Å². The van der Waals surface area contributed by atoms with Crippen LogP contribution in [0.25, 0.3) is 0 Å². The van der Waals surface area contributed by atoms with E-state index in [9.17, 15) is 14.9 Å². The molecule has 3 rings (SSSR count). The van der Waals surface area contributed by atoms with Gasteiger partial charge in [0.1, 0.15) is 0 Å². The number of carbonyl (C=O) groups is 1. The van der Waals surface area contributed by atoms with Crippen LogP contribution in [0.15, 0.2) is 36.5 Å². The number of hydrogen-bond donors (Lipinski definition) is 1. The van der Waals surface area contributed by atoms with Crippen molar-refractivity contribution in [1.29, 1.82) is 0 Å². The Morgan fingerprint density at radius 1 is 1.32 bits per heavy atom. The van der Waals surface area contributed by atoms with E-state index in [-0.39, 0.29) is 17.8 Å².